The van der Waals surface area contributed by atoms with Gasteiger partial charge in [0.2, 0.25) is 0 Å². The van der Waals surface area contributed by atoms with E-state index >= 15 is 0 Å². The van der Waals surface area contributed by atoms with Crippen molar-refractivity contribution >= 4 is 12.6 Å². The highest BCUT2D eigenvalue weighted by Crippen LogP contribution is 2.11. The van der Waals surface area contributed by atoms with E-state index < -0.39 is 0 Å². The largest absolute Gasteiger partial charge is 0.508 e. The summed E-state index contributed by atoms with van der Waals surface area (Å²) in [6.07, 6.45) is 0. The van der Waals surface area contributed by atoms with Gasteiger partial charge in [-0.2, -0.15) is 0 Å². The first kappa shape index (κ1) is 10.7. The van der Waals surface area contributed by atoms with Crippen LogP contribution in [0.4, 0.5) is 0 Å². The second-order valence-electron chi connectivity index (χ2n) is 2.67. The van der Waals surface area contributed by atoms with Crippen molar-refractivity contribution in [3.05, 3.63) is 60.7 Å². The van der Waals surface area contributed by atoms with Gasteiger partial charge in [0.1, 0.15) is 5.75 Å². The van der Waals surface area contributed by atoms with E-state index in [0.717, 1.165) is 4.90 Å². The predicted octanol–water partition coefficient (Wildman–Crippen LogP) is 3.37. The minimum Gasteiger partial charge on any atom is -0.508 e. The van der Waals surface area contributed by atoms with Gasteiger partial charge in [0.15, 0.2) is 0 Å². The van der Waals surface area contributed by atoms with E-state index in [4.69, 9.17) is 5.11 Å². The van der Waals surface area contributed by atoms with Crippen molar-refractivity contribution in [2.45, 2.75) is 4.90 Å². The molecule has 0 bridgehead atoms. The van der Waals surface area contributed by atoms with E-state index in [-0.39, 0.29) is 5.75 Å². The molecule has 2 rings (SSSR count). The zero-order valence-electron chi connectivity index (χ0n) is 7.67. The van der Waals surface area contributed by atoms with E-state index in [1.165, 1.54) is 0 Å². The van der Waals surface area contributed by atoms with Crippen molar-refractivity contribution in [1.29, 1.82) is 0 Å². The van der Waals surface area contributed by atoms with Crippen molar-refractivity contribution in [1.82, 2.24) is 0 Å². The summed E-state index contributed by atoms with van der Waals surface area (Å²) in [5.41, 5.74) is 0. The Balaban J connectivity index is 0.000000146. The maximum Gasteiger partial charge on any atom is 0.115 e. The van der Waals surface area contributed by atoms with Gasteiger partial charge in [0.05, 0.1) is 0 Å². The van der Waals surface area contributed by atoms with E-state index in [1.807, 2.05) is 36.4 Å². The molecule has 72 valence electrons. The van der Waals surface area contributed by atoms with Gasteiger partial charge in [-0.15, -0.1) is 12.6 Å². The van der Waals surface area contributed by atoms with E-state index in [1.54, 1.807) is 24.3 Å². The number of rotatable bonds is 0. The zero-order chi connectivity index (χ0) is 10.2. The lowest BCUT2D eigenvalue weighted by molar-refractivity contribution is 0.475. The molecule has 1 N–H and O–H groups in total. The fourth-order valence-corrected chi connectivity index (χ4v) is 0.987. The molecule has 2 aromatic rings. The molecule has 0 aromatic heterocycles. The topological polar surface area (TPSA) is 20.2 Å². The molecular weight excluding hydrogens is 192 g/mol. The van der Waals surface area contributed by atoms with Crippen molar-refractivity contribution < 1.29 is 5.11 Å². The van der Waals surface area contributed by atoms with Crippen LogP contribution in [0.25, 0.3) is 0 Å². The number of phenolic OH excluding ortho intramolecular Hbond substituents is 1. The molecule has 0 unspecified atom stereocenters. The Morgan fingerprint density at radius 2 is 1.07 bits per heavy atom. The second kappa shape index (κ2) is 6.11. The first-order valence-electron chi connectivity index (χ1n) is 4.27. The Morgan fingerprint density at radius 1 is 0.714 bits per heavy atom. The average molecular weight is 204 g/mol. The lowest BCUT2D eigenvalue weighted by Gasteiger charge is -1.88. The summed E-state index contributed by atoms with van der Waals surface area (Å²) in [5.74, 6) is 0.280. The van der Waals surface area contributed by atoms with Crippen molar-refractivity contribution in [2.75, 3.05) is 0 Å². The number of hydrogen-bond donors (Lipinski definition) is 2. The van der Waals surface area contributed by atoms with Gasteiger partial charge >= 0.3 is 0 Å². The van der Waals surface area contributed by atoms with Crippen LogP contribution < -0.4 is 0 Å². The molecule has 0 saturated carbocycles. The smallest absolute Gasteiger partial charge is 0.115 e. The fourth-order valence-electron chi connectivity index (χ4n) is 0.838. The van der Waals surface area contributed by atoms with Crippen LogP contribution in [0.2, 0.25) is 0 Å². The summed E-state index contributed by atoms with van der Waals surface area (Å²) in [7, 11) is 0. The highest BCUT2D eigenvalue weighted by Gasteiger charge is 1.82. The van der Waals surface area contributed by atoms with Crippen LogP contribution >= 0.6 is 12.6 Å². The number of thiol groups is 1. The number of phenols is 1. The van der Waals surface area contributed by atoms with Crippen molar-refractivity contribution in [3.8, 4) is 5.75 Å². The quantitative estimate of drug-likeness (QED) is 0.630. The molecule has 2 aromatic carbocycles. The minimum atomic E-state index is 0.280. The lowest BCUT2D eigenvalue weighted by Crippen LogP contribution is -1.62. The second-order valence-corrected chi connectivity index (χ2v) is 3.19. The van der Waals surface area contributed by atoms with E-state index in [9.17, 15) is 0 Å². The van der Waals surface area contributed by atoms with Crippen LogP contribution in [0.15, 0.2) is 65.6 Å². The molecule has 14 heavy (non-hydrogen) atoms. The number of benzene rings is 2. The van der Waals surface area contributed by atoms with Crippen LogP contribution in [0.5, 0.6) is 5.75 Å². The molecule has 0 spiro atoms. The van der Waals surface area contributed by atoms with Crippen LogP contribution in [0.1, 0.15) is 0 Å². The Kier molecular flexibility index (Phi) is 4.65. The summed E-state index contributed by atoms with van der Waals surface area (Å²) >= 11 is 4.02. The molecule has 0 aliphatic carbocycles. The molecule has 0 fully saturated rings. The monoisotopic (exact) mass is 204 g/mol. The normalized spacial score (nSPS) is 8.64. The van der Waals surface area contributed by atoms with Gasteiger partial charge in [-0.25, -0.2) is 0 Å². The molecular formula is C12H12OS. The van der Waals surface area contributed by atoms with Gasteiger partial charge in [0, 0.05) is 4.90 Å². The van der Waals surface area contributed by atoms with E-state index in [2.05, 4.69) is 12.6 Å². The first-order valence-corrected chi connectivity index (χ1v) is 4.72. The third-order valence-corrected chi connectivity index (χ3v) is 1.81. The standard InChI is InChI=1S/C6H6OS.C6H6/c7-5-1-3-6(8)4-2-5;1-2-4-6-5-3-1/h1-4,7-8H;1-6H. The molecule has 0 heterocycles. The van der Waals surface area contributed by atoms with Gasteiger partial charge in [-0.1, -0.05) is 36.4 Å². The molecule has 0 atom stereocenters. The third-order valence-electron chi connectivity index (χ3n) is 1.52. The molecule has 1 nitrogen and oxygen atoms in total. The Morgan fingerprint density at radius 3 is 1.36 bits per heavy atom. The zero-order valence-corrected chi connectivity index (χ0v) is 8.56. The number of hydrogen-bond acceptors (Lipinski definition) is 2. The predicted molar refractivity (Wildman–Crippen MR) is 61.8 cm³/mol. The minimum absolute atomic E-state index is 0.280. The fraction of sp³-hybridized carbons (Fsp3) is 0. The molecule has 0 aliphatic heterocycles. The van der Waals surface area contributed by atoms with Crippen LogP contribution in [-0.2, 0) is 0 Å². The first-order chi connectivity index (χ1) is 6.79. The Bertz CT molecular complexity index is 295. The highest BCUT2D eigenvalue weighted by atomic mass is 32.1. The van der Waals surface area contributed by atoms with Gasteiger partial charge in [-0.3, -0.25) is 0 Å². The van der Waals surface area contributed by atoms with Crippen molar-refractivity contribution in [2.24, 2.45) is 0 Å². The number of aromatic hydroxyl groups is 1. The van der Waals surface area contributed by atoms with Gasteiger partial charge in [-0.05, 0) is 24.3 Å². The Labute approximate surface area is 89.4 Å². The maximum atomic E-state index is 8.72. The summed E-state index contributed by atoms with van der Waals surface area (Å²) < 4.78 is 0. The summed E-state index contributed by atoms with van der Waals surface area (Å²) in [6, 6.07) is 18.7. The molecule has 0 amide bonds. The molecule has 0 saturated heterocycles. The Hall–Kier alpha value is -1.41. The van der Waals surface area contributed by atoms with Crippen LogP contribution in [0, 0.1) is 0 Å². The molecule has 0 aliphatic rings. The van der Waals surface area contributed by atoms with Crippen LogP contribution in [-0.4, -0.2) is 5.11 Å². The summed E-state index contributed by atoms with van der Waals surface area (Å²) in [5, 5.41) is 8.72. The van der Waals surface area contributed by atoms with Gasteiger partial charge in [0.25, 0.3) is 0 Å². The molecule has 0 radical (unpaired) electrons. The maximum absolute atomic E-state index is 8.72. The summed E-state index contributed by atoms with van der Waals surface area (Å²) in [4.78, 5) is 0.864. The van der Waals surface area contributed by atoms with E-state index in [0.29, 0.717) is 0 Å². The summed E-state index contributed by atoms with van der Waals surface area (Å²) in [6.45, 7) is 0. The highest BCUT2D eigenvalue weighted by molar-refractivity contribution is 7.80. The molecule has 2 heteroatoms. The average Bonchev–Trinajstić information content (AvgIpc) is 2.26. The van der Waals surface area contributed by atoms with Crippen LogP contribution in [0.3, 0.4) is 0 Å². The third kappa shape index (κ3) is 4.58. The van der Waals surface area contributed by atoms with Crippen molar-refractivity contribution in [3.63, 3.8) is 0 Å². The lowest BCUT2D eigenvalue weighted by atomic mass is 10.3. The van der Waals surface area contributed by atoms with Gasteiger partial charge < -0.3 is 5.11 Å². The SMILES string of the molecule is Oc1ccc(S)cc1.c1ccccc1.